The van der Waals surface area contributed by atoms with Gasteiger partial charge in [0.25, 0.3) is 0 Å². The number of carboxylic acids is 1. The summed E-state index contributed by atoms with van der Waals surface area (Å²) in [4.78, 5) is 13.1. The van der Waals surface area contributed by atoms with Crippen LogP contribution in [0.15, 0.2) is 60.7 Å². The van der Waals surface area contributed by atoms with Gasteiger partial charge in [0.15, 0.2) is 0 Å². The molecular formula is C17H19NO3. The first-order valence-electron chi connectivity index (χ1n) is 6.86. The molecule has 2 aromatic carbocycles. The zero-order chi connectivity index (χ0) is 15.1. The van der Waals surface area contributed by atoms with Gasteiger partial charge >= 0.3 is 5.97 Å². The molecule has 1 atom stereocenters. The van der Waals surface area contributed by atoms with Gasteiger partial charge in [-0.1, -0.05) is 60.7 Å². The Morgan fingerprint density at radius 1 is 0.905 bits per heavy atom. The summed E-state index contributed by atoms with van der Waals surface area (Å²) >= 11 is 0. The SMILES string of the molecule is O=C(O)C(CO)N(Cc1ccccc1)Cc1ccccc1. The molecule has 0 heterocycles. The molecule has 2 aromatic rings. The molecule has 0 radical (unpaired) electrons. The fourth-order valence-corrected chi connectivity index (χ4v) is 2.26. The lowest BCUT2D eigenvalue weighted by molar-refractivity contribution is -0.145. The normalized spacial score (nSPS) is 12.3. The second-order valence-corrected chi connectivity index (χ2v) is 4.91. The molecule has 0 aromatic heterocycles. The molecule has 4 nitrogen and oxygen atoms in total. The Morgan fingerprint density at radius 2 is 1.33 bits per heavy atom. The molecule has 2 rings (SSSR count). The van der Waals surface area contributed by atoms with Gasteiger partial charge in [0.05, 0.1) is 6.61 Å². The number of hydrogen-bond acceptors (Lipinski definition) is 3. The number of carbonyl (C=O) groups is 1. The quantitative estimate of drug-likeness (QED) is 0.818. The van der Waals surface area contributed by atoms with E-state index in [1.807, 2.05) is 60.7 Å². The van der Waals surface area contributed by atoms with Gasteiger partial charge in [-0.05, 0) is 11.1 Å². The van der Waals surface area contributed by atoms with Crippen molar-refractivity contribution in [3.8, 4) is 0 Å². The Kier molecular flexibility index (Phi) is 5.49. The molecule has 0 amide bonds. The van der Waals surface area contributed by atoms with Crippen molar-refractivity contribution in [3.63, 3.8) is 0 Å². The zero-order valence-corrected chi connectivity index (χ0v) is 11.7. The number of aliphatic hydroxyl groups excluding tert-OH is 1. The van der Waals surface area contributed by atoms with Crippen molar-refractivity contribution < 1.29 is 15.0 Å². The third-order valence-electron chi connectivity index (χ3n) is 3.36. The predicted octanol–water partition coefficient (Wildman–Crippen LogP) is 2.13. The van der Waals surface area contributed by atoms with Crippen LogP contribution in [0.4, 0.5) is 0 Å². The minimum atomic E-state index is -1.01. The van der Waals surface area contributed by atoms with Gasteiger partial charge in [-0.25, -0.2) is 0 Å². The van der Waals surface area contributed by atoms with E-state index in [0.29, 0.717) is 13.1 Å². The first-order chi connectivity index (χ1) is 10.2. The lowest BCUT2D eigenvalue weighted by Gasteiger charge is -2.27. The van der Waals surface area contributed by atoms with Crippen molar-refractivity contribution in [2.45, 2.75) is 19.1 Å². The average Bonchev–Trinajstić information content (AvgIpc) is 2.49. The molecule has 0 saturated heterocycles. The van der Waals surface area contributed by atoms with Crippen LogP contribution in [0.5, 0.6) is 0 Å². The van der Waals surface area contributed by atoms with E-state index in [4.69, 9.17) is 0 Å². The summed E-state index contributed by atoms with van der Waals surface area (Å²) in [5.41, 5.74) is 2.04. The Labute approximate surface area is 124 Å². The van der Waals surface area contributed by atoms with Gasteiger partial charge in [0.2, 0.25) is 0 Å². The van der Waals surface area contributed by atoms with Gasteiger partial charge in [-0.2, -0.15) is 0 Å². The van der Waals surface area contributed by atoms with E-state index in [1.54, 1.807) is 4.90 Å². The first kappa shape index (κ1) is 15.2. The maximum absolute atomic E-state index is 11.4. The van der Waals surface area contributed by atoms with Gasteiger partial charge in [-0.3, -0.25) is 9.69 Å². The van der Waals surface area contributed by atoms with E-state index in [-0.39, 0.29) is 0 Å². The fourth-order valence-electron chi connectivity index (χ4n) is 2.26. The second kappa shape index (κ2) is 7.57. The molecular weight excluding hydrogens is 266 g/mol. The summed E-state index contributed by atoms with van der Waals surface area (Å²) in [6.07, 6.45) is 0. The van der Waals surface area contributed by atoms with Crippen LogP contribution in [0.25, 0.3) is 0 Å². The Morgan fingerprint density at radius 3 is 1.67 bits per heavy atom. The van der Waals surface area contributed by atoms with Crippen LogP contribution in [0.2, 0.25) is 0 Å². The predicted molar refractivity (Wildman–Crippen MR) is 80.6 cm³/mol. The molecule has 0 aliphatic heterocycles. The Bertz CT molecular complexity index is 515. The summed E-state index contributed by atoms with van der Waals surface area (Å²) in [6.45, 7) is 0.551. The van der Waals surface area contributed by atoms with E-state index < -0.39 is 18.6 Å². The maximum Gasteiger partial charge on any atom is 0.323 e. The van der Waals surface area contributed by atoms with E-state index >= 15 is 0 Å². The first-order valence-corrected chi connectivity index (χ1v) is 6.86. The highest BCUT2D eigenvalue weighted by Gasteiger charge is 2.25. The van der Waals surface area contributed by atoms with E-state index in [1.165, 1.54) is 0 Å². The molecule has 4 heteroatoms. The highest BCUT2D eigenvalue weighted by atomic mass is 16.4. The number of nitrogens with zero attached hydrogens (tertiary/aromatic N) is 1. The molecule has 0 aliphatic carbocycles. The van der Waals surface area contributed by atoms with Gasteiger partial charge in [-0.15, -0.1) is 0 Å². The number of carboxylic acid groups (broad SMARTS) is 1. The average molecular weight is 285 g/mol. The molecule has 21 heavy (non-hydrogen) atoms. The van der Waals surface area contributed by atoms with Crippen LogP contribution >= 0.6 is 0 Å². The zero-order valence-electron chi connectivity index (χ0n) is 11.7. The second-order valence-electron chi connectivity index (χ2n) is 4.91. The highest BCUT2D eigenvalue weighted by Crippen LogP contribution is 2.13. The van der Waals surface area contributed by atoms with Crippen molar-refractivity contribution in [1.82, 2.24) is 4.90 Å². The molecule has 0 saturated carbocycles. The Hall–Kier alpha value is -2.17. The van der Waals surface area contributed by atoms with Crippen LogP contribution in [-0.4, -0.2) is 33.7 Å². The summed E-state index contributed by atoms with van der Waals surface area (Å²) < 4.78 is 0. The minimum Gasteiger partial charge on any atom is -0.480 e. The molecule has 0 bridgehead atoms. The van der Waals surface area contributed by atoms with Crippen molar-refractivity contribution in [2.24, 2.45) is 0 Å². The molecule has 0 spiro atoms. The lowest BCUT2D eigenvalue weighted by Crippen LogP contribution is -2.42. The largest absolute Gasteiger partial charge is 0.480 e. The third kappa shape index (κ3) is 4.41. The van der Waals surface area contributed by atoms with Gasteiger partial charge in [0.1, 0.15) is 6.04 Å². The maximum atomic E-state index is 11.4. The summed E-state index contributed by atoms with van der Waals surface area (Å²) in [6, 6.07) is 18.4. The van der Waals surface area contributed by atoms with Gasteiger partial charge in [0, 0.05) is 13.1 Å². The standard InChI is InChI=1S/C17H19NO3/c19-13-16(17(20)21)18(11-14-7-3-1-4-8-14)12-15-9-5-2-6-10-15/h1-10,16,19H,11-13H2,(H,20,21). The van der Waals surface area contributed by atoms with Crippen molar-refractivity contribution in [1.29, 1.82) is 0 Å². The monoisotopic (exact) mass is 285 g/mol. The molecule has 110 valence electrons. The topological polar surface area (TPSA) is 60.8 Å². The van der Waals surface area contributed by atoms with Crippen molar-refractivity contribution in [3.05, 3.63) is 71.8 Å². The van der Waals surface area contributed by atoms with Crippen LogP contribution in [0, 0.1) is 0 Å². The van der Waals surface area contributed by atoms with Crippen molar-refractivity contribution >= 4 is 5.97 Å². The fraction of sp³-hybridized carbons (Fsp3) is 0.235. The van der Waals surface area contributed by atoms with Crippen LogP contribution < -0.4 is 0 Å². The number of hydrogen-bond donors (Lipinski definition) is 2. The summed E-state index contributed by atoms with van der Waals surface area (Å²) in [7, 11) is 0. The van der Waals surface area contributed by atoms with E-state index in [9.17, 15) is 15.0 Å². The molecule has 2 N–H and O–H groups in total. The third-order valence-corrected chi connectivity index (χ3v) is 3.36. The van der Waals surface area contributed by atoms with Crippen LogP contribution in [-0.2, 0) is 17.9 Å². The highest BCUT2D eigenvalue weighted by molar-refractivity contribution is 5.73. The number of benzene rings is 2. The van der Waals surface area contributed by atoms with E-state index in [2.05, 4.69) is 0 Å². The van der Waals surface area contributed by atoms with Crippen molar-refractivity contribution in [2.75, 3.05) is 6.61 Å². The smallest absolute Gasteiger partial charge is 0.323 e. The number of rotatable bonds is 7. The van der Waals surface area contributed by atoms with E-state index in [0.717, 1.165) is 11.1 Å². The van der Waals surface area contributed by atoms with Crippen LogP contribution in [0.3, 0.4) is 0 Å². The molecule has 0 aliphatic rings. The minimum absolute atomic E-state index is 0.408. The van der Waals surface area contributed by atoms with Gasteiger partial charge < -0.3 is 10.2 Å². The molecule has 1 unspecified atom stereocenters. The summed E-state index contributed by atoms with van der Waals surface area (Å²) in [5.74, 6) is -1.01. The Balaban J connectivity index is 2.19. The summed E-state index contributed by atoms with van der Waals surface area (Å²) in [5, 5.41) is 18.7. The number of aliphatic carboxylic acids is 1. The lowest BCUT2D eigenvalue weighted by atomic mass is 10.1. The van der Waals surface area contributed by atoms with Crippen LogP contribution in [0.1, 0.15) is 11.1 Å². The molecule has 0 fully saturated rings. The number of aliphatic hydroxyl groups is 1.